The predicted octanol–water partition coefficient (Wildman–Crippen LogP) is 0.840. The number of aliphatic carboxylic acids is 1. The van der Waals surface area contributed by atoms with E-state index in [1.54, 1.807) is 0 Å². The van der Waals surface area contributed by atoms with Crippen LogP contribution in [0.3, 0.4) is 0 Å². The predicted molar refractivity (Wildman–Crippen MR) is 67.4 cm³/mol. The Kier molecular flexibility index (Phi) is 3.97. The molecule has 0 aliphatic carbocycles. The van der Waals surface area contributed by atoms with Crippen molar-refractivity contribution < 1.29 is 23.9 Å². The van der Waals surface area contributed by atoms with Crippen molar-refractivity contribution >= 4 is 23.5 Å². The van der Waals surface area contributed by atoms with Gasteiger partial charge < -0.3 is 15.3 Å². The number of carboxylic acids is 1. The molecule has 0 spiro atoms. The molecule has 2 N–H and O–H groups in total. The van der Waals surface area contributed by atoms with E-state index in [2.05, 4.69) is 5.32 Å². The Morgan fingerprint density at radius 3 is 2.50 bits per heavy atom. The standard InChI is InChI=1S/C13H13FN2O4/c14-8-3-5-9(6-4-8)15-11(17)12(18)16-7-1-2-10(16)13(19)20/h3-6,10H,1-2,7H2,(H,15,17)(H,19,20). The number of halogens is 1. The van der Waals surface area contributed by atoms with Crippen LogP contribution in [0.4, 0.5) is 10.1 Å². The number of likely N-dealkylation sites (tertiary alicyclic amines) is 1. The molecule has 1 heterocycles. The van der Waals surface area contributed by atoms with Crippen molar-refractivity contribution in [1.29, 1.82) is 0 Å². The van der Waals surface area contributed by atoms with Crippen LogP contribution in [-0.2, 0) is 14.4 Å². The zero-order valence-electron chi connectivity index (χ0n) is 10.5. The number of carbonyl (C=O) groups excluding carboxylic acids is 2. The first-order valence-electron chi connectivity index (χ1n) is 6.09. The molecule has 6 nitrogen and oxygen atoms in total. The molecule has 2 amide bonds. The number of benzene rings is 1. The van der Waals surface area contributed by atoms with Crippen molar-refractivity contribution in [3.05, 3.63) is 30.1 Å². The van der Waals surface area contributed by atoms with Crippen molar-refractivity contribution in [2.45, 2.75) is 18.9 Å². The minimum Gasteiger partial charge on any atom is -0.480 e. The van der Waals surface area contributed by atoms with Crippen LogP contribution in [-0.4, -0.2) is 40.4 Å². The number of carboxylic acid groups (broad SMARTS) is 1. The summed E-state index contributed by atoms with van der Waals surface area (Å²) in [7, 11) is 0. The molecule has 2 rings (SSSR count). The van der Waals surface area contributed by atoms with E-state index < -0.39 is 29.6 Å². The summed E-state index contributed by atoms with van der Waals surface area (Å²) >= 11 is 0. The number of rotatable bonds is 2. The normalized spacial score (nSPS) is 17.9. The SMILES string of the molecule is O=C(Nc1ccc(F)cc1)C(=O)N1CCCC1C(=O)O. The quantitative estimate of drug-likeness (QED) is 0.786. The van der Waals surface area contributed by atoms with Gasteiger partial charge in [0.25, 0.3) is 0 Å². The largest absolute Gasteiger partial charge is 0.480 e. The van der Waals surface area contributed by atoms with Gasteiger partial charge in [0, 0.05) is 12.2 Å². The molecule has 0 aromatic heterocycles. The smallest absolute Gasteiger partial charge is 0.326 e. The summed E-state index contributed by atoms with van der Waals surface area (Å²) in [5.41, 5.74) is 0.274. The van der Waals surface area contributed by atoms with Crippen LogP contribution in [0.2, 0.25) is 0 Å². The molecule has 1 fully saturated rings. The highest BCUT2D eigenvalue weighted by Crippen LogP contribution is 2.18. The van der Waals surface area contributed by atoms with Crippen LogP contribution >= 0.6 is 0 Å². The van der Waals surface area contributed by atoms with Gasteiger partial charge in [-0.2, -0.15) is 0 Å². The highest BCUT2D eigenvalue weighted by Gasteiger charge is 2.36. The van der Waals surface area contributed by atoms with Crippen molar-refractivity contribution in [3.8, 4) is 0 Å². The van der Waals surface area contributed by atoms with E-state index in [0.29, 0.717) is 12.8 Å². The molecule has 7 heteroatoms. The average Bonchev–Trinajstić information content (AvgIpc) is 2.90. The zero-order chi connectivity index (χ0) is 14.7. The van der Waals surface area contributed by atoms with E-state index >= 15 is 0 Å². The second-order valence-electron chi connectivity index (χ2n) is 4.46. The first kappa shape index (κ1) is 14.0. The van der Waals surface area contributed by atoms with Crippen LogP contribution in [0.25, 0.3) is 0 Å². The summed E-state index contributed by atoms with van der Waals surface area (Å²) in [4.78, 5) is 35.7. The van der Waals surface area contributed by atoms with Gasteiger partial charge in [0.05, 0.1) is 0 Å². The minimum atomic E-state index is -1.12. The van der Waals surface area contributed by atoms with Crippen LogP contribution in [0.15, 0.2) is 24.3 Å². The van der Waals surface area contributed by atoms with E-state index in [9.17, 15) is 18.8 Å². The maximum Gasteiger partial charge on any atom is 0.326 e. The van der Waals surface area contributed by atoms with Crippen molar-refractivity contribution in [1.82, 2.24) is 4.90 Å². The van der Waals surface area contributed by atoms with E-state index in [1.807, 2.05) is 0 Å². The van der Waals surface area contributed by atoms with E-state index in [-0.39, 0.29) is 12.2 Å². The van der Waals surface area contributed by atoms with Crippen LogP contribution in [0.5, 0.6) is 0 Å². The fourth-order valence-corrected chi connectivity index (χ4v) is 2.11. The van der Waals surface area contributed by atoms with Gasteiger partial charge in [0.2, 0.25) is 0 Å². The summed E-state index contributed by atoms with van der Waals surface area (Å²) in [6, 6.07) is 3.98. The molecule has 1 aliphatic rings. The highest BCUT2D eigenvalue weighted by molar-refractivity contribution is 6.39. The van der Waals surface area contributed by atoms with Gasteiger partial charge >= 0.3 is 17.8 Å². The van der Waals surface area contributed by atoms with Crippen LogP contribution < -0.4 is 5.32 Å². The molecule has 1 aliphatic heterocycles. The number of nitrogens with zero attached hydrogens (tertiary/aromatic N) is 1. The number of carbonyl (C=O) groups is 3. The zero-order valence-corrected chi connectivity index (χ0v) is 10.5. The Morgan fingerprint density at radius 1 is 1.25 bits per heavy atom. The molecule has 1 unspecified atom stereocenters. The number of amides is 2. The van der Waals surface area contributed by atoms with Crippen LogP contribution in [0.1, 0.15) is 12.8 Å². The van der Waals surface area contributed by atoms with Gasteiger partial charge in [-0.05, 0) is 37.1 Å². The van der Waals surface area contributed by atoms with Gasteiger partial charge in [-0.3, -0.25) is 9.59 Å². The van der Waals surface area contributed by atoms with Crippen molar-refractivity contribution in [2.75, 3.05) is 11.9 Å². The molecular formula is C13H13FN2O4. The minimum absolute atomic E-state index is 0.243. The fourth-order valence-electron chi connectivity index (χ4n) is 2.11. The Morgan fingerprint density at radius 2 is 1.90 bits per heavy atom. The lowest BCUT2D eigenvalue weighted by Gasteiger charge is -2.20. The third kappa shape index (κ3) is 2.93. The Hall–Kier alpha value is -2.44. The van der Waals surface area contributed by atoms with Crippen LogP contribution in [0, 0.1) is 5.82 Å². The summed E-state index contributed by atoms with van der Waals surface area (Å²) in [5, 5.41) is 11.3. The highest BCUT2D eigenvalue weighted by atomic mass is 19.1. The number of hydrogen-bond acceptors (Lipinski definition) is 3. The first-order valence-corrected chi connectivity index (χ1v) is 6.09. The second kappa shape index (κ2) is 5.68. The summed E-state index contributed by atoms with van der Waals surface area (Å²) in [6.07, 6.45) is 0.886. The van der Waals surface area contributed by atoms with E-state index in [0.717, 1.165) is 17.0 Å². The molecule has 20 heavy (non-hydrogen) atoms. The van der Waals surface area contributed by atoms with Gasteiger partial charge in [-0.15, -0.1) is 0 Å². The topological polar surface area (TPSA) is 86.7 Å². The van der Waals surface area contributed by atoms with Crippen molar-refractivity contribution in [3.63, 3.8) is 0 Å². The van der Waals surface area contributed by atoms with Gasteiger partial charge in [-0.1, -0.05) is 0 Å². The molecule has 0 bridgehead atoms. The summed E-state index contributed by atoms with van der Waals surface area (Å²) in [6.45, 7) is 0.243. The first-order chi connectivity index (χ1) is 9.49. The lowest BCUT2D eigenvalue weighted by atomic mass is 10.2. The molecule has 1 aromatic rings. The molecule has 1 atom stereocenters. The van der Waals surface area contributed by atoms with Gasteiger partial charge in [0.1, 0.15) is 11.9 Å². The molecule has 1 aromatic carbocycles. The Bertz CT molecular complexity index is 544. The summed E-state index contributed by atoms with van der Waals surface area (Å²) in [5.74, 6) is -3.39. The van der Waals surface area contributed by atoms with Gasteiger partial charge in [-0.25, -0.2) is 9.18 Å². The molecular weight excluding hydrogens is 267 g/mol. The van der Waals surface area contributed by atoms with E-state index in [4.69, 9.17) is 5.11 Å². The third-order valence-corrected chi connectivity index (χ3v) is 3.10. The lowest BCUT2D eigenvalue weighted by molar-refractivity contribution is -0.151. The van der Waals surface area contributed by atoms with Crippen molar-refractivity contribution in [2.24, 2.45) is 0 Å². The Labute approximate surface area is 114 Å². The summed E-state index contributed by atoms with van der Waals surface area (Å²) < 4.78 is 12.7. The lowest BCUT2D eigenvalue weighted by Crippen LogP contribution is -2.45. The maximum absolute atomic E-state index is 12.7. The third-order valence-electron chi connectivity index (χ3n) is 3.10. The average molecular weight is 280 g/mol. The number of nitrogens with one attached hydrogen (secondary N) is 1. The molecule has 106 valence electrons. The molecule has 0 saturated carbocycles. The maximum atomic E-state index is 12.7. The molecule has 1 saturated heterocycles. The number of anilines is 1. The van der Waals surface area contributed by atoms with E-state index in [1.165, 1.54) is 12.1 Å². The monoisotopic (exact) mass is 280 g/mol. The Balaban J connectivity index is 2.03. The van der Waals surface area contributed by atoms with Gasteiger partial charge in [0.15, 0.2) is 0 Å². The second-order valence-corrected chi connectivity index (χ2v) is 4.46. The fraction of sp³-hybridized carbons (Fsp3) is 0.308. The molecule has 0 radical (unpaired) electrons. The number of hydrogen-bond donors (Lipinski definition) is 2.